The topological polar surface area (TPSA) is 42.0 Å². The molecule has 3 aromatic rings. The molecule has 1 fully saturated rings. The maximum absolute atomic E-state index is 13.1. The first-order valence-electron chi connectivity index (χ1n) is 11.8. The van der Waals surface area contributed by atoms with Crippen LogP contribution in [0.2, 0.25) is 5.02 Å². The summed E-state index contributed by atoms with van der Waals surface area (Å²) in [4.78, 5) is 18.1. The third-order valence-electron chi connectivity index (χ3n) is 6.47. The van der Waals surface area contributed by atoms with Gasteiger partial charge in [0.2, 0.25) is 0 Å². The number of piperidine rings is 1. The second-order valence-electron chi connectivity index (χ2n) is 9.11. The van der Waals surface area contributed by atoms with Crippen LogP contribution < -0.4 is 9.47 Å². The lowest BCUT2D eigenvalue weighted by Crippen LogP contribution is -2.34. The zero-order chi connectivity index (χ0) is 23.5. The van der Waals surface area contributed by atoms with Crippen molar-refractivity contribution >= 4 is 28.8 Å². The number of likely N-dealkylation sites (tertiary alicyclic amines) is 1. The first-order chi connectivity index (χ1) is 16.6. The minimum atomic E-state index is 0.0346. The zero-order valence-corrected chi connectivity index (χ0v) is 20.9. The fraction of sp³-hybridized carbons (Fsp3) is 0.370. The molecule has 0 aliphatic carbocycles. The summed E-state index contributed by atoms with van der Waals surface area (Å²) in [7, 11) is 2.17. The quantitative estimate of drug-likeness (QED) is 0.446. The van der Waals surface area contributed by atoms with Gasteiger partial charge in [-0.15, -0.1) is 11.3 Å². The van der Waals surface area contributed by atoms with Gasteiger partial charge in [-0.1, -0.05) is 29.8 Å². The predicted octanol–water partition coefficient (Wildman–Crippen LogP) is 5.82. The third kappa shape index (κ3) is 5.24. The summed E-state index contributed by atoms with van der Waals surface area (Å²) in [6, 6.07) is 15.7. The molecule has 5 nitrogen and oxygen atoms in total. The normalized spacial score (nSPS) is 18.6. The summed E-state index contributed by atoms with van der Waals surface area (Å²) in [5.74, 6) is 2.02. The van der Waals surface area contributed by atoms with Gasteiger partial charge in [0.1, 0.15) is 6.61 Å². The molecule has 0 radical (unpaired) electrons. The van der Waals surface area contributed by atoms with E-state index in [2.05, 4.69) is 18.0 Å². The van der Waals surface area contributed by atoms with E-state index < -0.39 is 0 Å². The number of carbonyl (C=O) groups is 1. The first kappa shape index (κ1) is 23.2. The molecule has 34 heavy (non-hydrogen) atoms. The Hall–Kier alpha value is -2.54. The number of nitrogens with zero attached hydrogens (tertiary/aromatic N) is 2. The molecule has 0 saturated carbocycles. The zero-order valence-electron chi connectivity index (χ0n) is 19.3. The van der Waals surface area contributed by atoms with Crippen molar-refractivity contribution < 1.29 is 14.3 Å². The Morgan fingerprint density at radius 3 is 2.88 bits per heavy atom. The van der Waals surface area contributed by atoms with Gasteiger partial charge in [0.15, 0.2) is 11.5 Å². The summed E-state index contributed by atoms with van der Waals surface area (Å²) in [6.45, 7) is 4.28. The smallest absolute Gasteiger partial charge is 0.264 e. The maximum Gasteiger partial charge on any atom is 0.264 e. The van der Waals surface area contributed by atoms with Crippen LogP contribution in [0.1, 0.15) is 28.1 Å². The average molecular weight is 497 g/mol. The number of ether oxygens (including phenoxy) is 2. The third-order valence-corrected chi connectivity index (χ3v) is 7.57. The van der Waals surface area contributed by atoms with Gasteiger partial charge in [0.25, 0.3) is 5.91 Å². The first-order valence-corrected chi connectivity index (χ1v) is 13.0. The van der Waals surface area contributed by atoms with Gasteiger partial charge in [0, 0.05) is 29.6 Å². The summed E-state index contributed by atoms with van der Waals surface area (Å²) in [5, 5.41) is 2.62. The lowest BCUT2D eigenvalue weighted by molar-refractivity contribution is 0.0738. The molecule has 3 heterocycles. The summed E-state index contributed by atoms with van der Waals surface area (Å²) in [5.41, 5.74) is 2.97. The van der Waals surface area contributed by atoms with Crippen molar-refractivity contribution in [1.29, 1.82) is 0 Å². The van der Waals surface area contributed by atoms with Crippen LogP contribution in [0.25, 0.3) is 11.1 Å². The molecule has 5 rings (SSSR count). The molecular formula is C27H29ClN2O3S. The average Bonchev–Trinajstić information content (AvgIpc) is 3.29. The fourth-order valence-electron chi connectivity index (χ4n) is 4.77. The van der Waals surface area contributed by atoms with Crippen LogP contribution in [-0.4, -0.2) is 55.6 Å². The fourth-order valence-corrected chi connectivity index (χ4v) is 5.65. The van der Waals surface area contributed by atoms with E-state index in [1.54, 1.807) is 0 Å². The largest absolute Gasteiger partial charge is 0.489 e. The Bertz CT molecular complexity index is 1150. The van der Waals surface area contributed by atoms with Crippen molar-refractivity contribution in [3.05, 3.63) is 69.4 Å². The van der Waals surface area contributed by atoms with Crippen LogP contribution in [0.4, 0.5) is 0 Å². The van der Waals surface area contributed by atoms with E-state index in [0.29, 0.717) is 37.2 Å². The van der Waals surface area contributed by atoms with E-state index in [1.165, 1.54) is 24.2 Å². The summed E-state index contributed by atoms with van der Waals surface area (Å²) in [6.07, 6.45) is 2.37. The molecular weight excluding hydrogens is 468 g/mol. The number of fused-ring (bicyclic) bond motifs is 1. The Morgan fingerprint density at radius 1 is 1.18 bits per heavy atom. The monoisotopic (exact) mass is 496 g/mol. The van der Waals surface area contributed by atoms with Gasteiger partial charge in [-0.2, -0.15) is 0 Å². The van der Waals surface area contributed by atoms with Gasteiger partial charge in [-0.05, 0) is 73.3 Å². The van der Waals surface area contributed by atoms with Gasteiger partial charge in [-0.25, -0.2) is 0 Å². The number of carbonyl (C=O) groups excluding carboxylic acids is 1. The Morgan fingerprint density at radius 2 is 2.09 bits per heavy atom. The van der Waals surface area contributed by atoms with Crippen molar-refractivity contribution in [2.75, 3.05) is 39.9 Å². The number of benzene rings is 2. The highest BCUT2D eigenvalue weighted by Crippen LogP contribution is 2.39. The Balaban J connectivity index is 1.47. The maximum atomic E-state index is 13.1. The molecule has 1 saturated heterocycles. The molecule has 0 spiro atoms. The second-order valence-corrected chi connectivity index (χ2v) is 10.5. The van der Waals surface area contributed by atoms with Crippen molar-refractivity contribution in [1.82, 2.24) is 9.80 Å². The van der Waals surface area contributed by atoms with Crippen molar-refractivity contribution in [2.24, 2.45) is 5.92 Å². The number of amides is 1. The molecule has 178 valence electrons. The van der Waals surface area contributed by atoms with E-state index in [1.807, 2.05) is 52.7 Å². The second kappa shape index (κ2) is 10.4. The highest BCUT2D eigenvalue weighted by Gasteiger charge is 2.26. The molecule has 0 bridgehead atoms. The minimum absolute atomic E-state index is 0.0346. The molecule has 0 N–H and O–H groups in total. The van der Waals surface area contributed by atoms with Crippen LogP contribution >= 0.6 is 22.9 Å². The Labute approximate surface area is 209 Å². The lowest BCUT2D eigenvalue weighted by Gasteiger charge is -2.29. The van der Waals surface area contributed by atoms with E-state index in [4.69, 9.17) is 21.1 Å². The number of thiophene rings is 1. The van der Waals surface area contributed by atoms with E-state index in [0.717, 1.165) is 46.2 Å². The molecule has 1 amide bonds. The van der Waals surface area contributed by atoms with Crippen LogP contribution in [0.15, 0.2) is 53.9 Å². The highest BCUT2D eigenvalue weighted by molar-refractivity contribution is 7.12. The van der Waals surface area contributed by atoms with Gasteiger partial charge >= 0.3 is 0 Å². The van der Waals surface area contributed by atoms with E-state index >= 15 is 0 Å². The molecule has 1 atom stereocenters. The van der Waals surface area contributed by atoms with Crippen molar-refractivity contribution in [3.63, 3.8) is 0 Å². The predicted molar refractivity (Wildman–Crippen MR) is 137 cm³/mol. The summed E-state index contributed by atoms with van der Waals surface area (Å²) < 4.78 is 12.6. The van der Waals surface area contributed by atoms with E-state index in [-0.39, 0.29) is 5.91 Å². The lowest BCUT2D eigenvalue weighted by atomic mass is 9.99. The molecule has 2 aliphatic heterocycles. The van der Waals surface area contributed by atoms with E-state index in [9.17, 15) is 4.79 Å². The molecule has 1 aromatic heterocycles. The van der Waals surface area contributed by atoms with Crippen molar-refractivity contribution in [2.45, 2.75) is 19.4 Å². The summed E-state index contributed by atoms with van der Waals surface area (Å²) >= 11 is 7.76. The number of hydrogen-bond acceptors (Lipinski definition) is 5. The Kier molecular flexibility index (Phi) is 7.09. The SMILES string of the molecule is CN1CCC[C@H](COc2cc(-c3cccc(Cl)c3)cc3c2OCCN(C(=O)c2cccs2)C3)C1. The van der Waals surface area contributed by atoms with Crippen LogP contribution in [0, 0.1) is 5.92 Å². The minimum Gasteiger partial charge on any atom is -0.489 e. The van der Waals surface area contributed by atoms with Gasteiger partial charge in [-0.3, -0.25) is 4.79 Å². The number of rotatable bonds is 5. The standard InChI is InChI=1S/C27H29ClN2O3S/c1-29-9-3-5-19(16-29)18-33-24-15-21(20-6-2-7-23(28)14-20)13-22-17-30(10-11-32-26(22)24)27(31)25-8-4-12-34-25/h2,4,6-8,12-15,19H,3,5,9-11,16-18H2,1H3/t19-/m0/s1. The van der Waals surface area contributed by atoms with Crippen LogP contribution in [0.3, 0.4) is 0 Å². The number of halogens is 1. The number of hydrogen-bond donors (Lipinski definition) is 0. The van der Waals surface area contributed by atoms with Crippen LogP contribution in [-0.2, 0) is 6.54 Å². The molecule has 7 heteroatoms. The van der Waals surface area contributed by atoms with Gasteiger partial charge in [0.05, 0.1) is 18.0 Å². The molecule has 2 aliphatic rings. The van der Waals surface area contributed by atoms with Crippen LogP contribution in [0.5, 0.6) is 11.5 Å². The van der Waals surface area contributed by atoms with Crippen molar-refractivity contribution in [3.8, 4) is 22.6 Å². The highest BCUT2D eigenvalue weighted by atomic mass is 35.5. The molecule has 0 unspecified atom stereocenters. The van der Waals surface area contributed by atoms with Gasteiger partial charge < -0.3 is 19.3 Å². The molecule has 2 aromatic carbocycles.